The fourth-order valence-corrected chi connectivity index (χ4v) is 5.01. The fraction of sp³-hybridized carbons (Fsp3) is 0.167. The van der Waals surface area contributed by atoms with Gasteiger partial charge in [0.1, 0.15) is 0 Å². The molecule has 4 nitrogen and oxygen atoms in total. The Bertz CT molecular complexity index is 1080. The van der Waals surface area contributed by atoms with E-state index in [4.69, 9.17) is 0 Å². The zero-order valence-electron chi connectivity index (χ0n) is 14.0. The second-order valence-electron chi connectivity index (χ2n) is 5.73. The van der Waals surface area contributed by atoms with Crippen molar-refractivity contribution in [1.82, 2.24) is 4.57 Å². The van der Waals surface area contributed by atoms with Gasteiger partial charge < -0.3 is 4.57 Å². The Kier molecular flexibility index (Phi) is 4.99. The van der Waals surface area contributed by atoms with Crippen LogP contribution in [0.25, 0.3) is 11.3 Å². The quantitative estimate of drug-likeness (QED) is 0.609. The van der Waals surface area contributed by atoms with E-state index in [0.717, 1.165) is 26.2 Å². The van der Waals surface area contributed by atoms with Crippen LogP contribution in [0.5, 0.6) is 0 Å². The van der Waals surface area contributed by atoms with E-state index in [-0.39, 0.29) is 4.90 Å². The number of halogens is 1. The average molecular weight is 437 g/mol. The first-order valence-corrected chi connectivity index (χ1v) is 10.6. The van der Waals surface area contributed by atoms with Crippen LogP contribution in [0.4, 0.5) is 0 Å². The van der Waals surface area contributed by atoms with Gasteiger partial charge in [0, 0.05) is 16.4 Å². The highest BCUT2D eigenvalue weighted by Crippen LogP contribution is 2.26. The molecule has 0 aliphatic carbocycles. The number of rotatable bonds is 3. The van der Waals surface area contributed by atoms with Gasteiger partial charge >= 0.3 is 0 Å². The Labute approximate surface area is 159 Å². The van der Waals surface area contributed by atoms with E-state index in [1.807, 2.05) is 49.7 Å². The zero-order chi connectivity index (χ0) is 18.2. The third-order valence-corrected chi connectivity index (χ3v) is 6.81. The van der Waals surface area contributed by atoms with Gasteiger partial charge in [-0.3, -0.25) is 0 Å². The smallest absolute Gasteiger partial charge is 0.285 e. The summed E-state index contributed by atoms with van der Waals surface area (Å²) in [5, 5.41) is 0. The number of aryl methyl sites for hydroxylation is 2. The Morgan fingerprint density at radius 2 is 1.60 bits per heavy atom. The van der Waals surface area contributed by atoms with E-state index in [1.165, 1.54) is 11.3 Å². The minimum atomic E-state index is -3.74. The van der Waals surface area contributed by atoms with Gasteiger partial charge in [-0.25, -0.2) is 0 Å². The summed E-state index contributed by atoms with van der Waals surface area (Å²) < 4.78 is 32.1. The van der Waals surface area contributed by atoms with Gasteiger partial charge in [-0.2, -0.15) is 8.42 Å². The Morgan fingerprint density at radius 1 is 1.00 bits per heavy atom. The van der Waals surface area contributed by atoms with Crippen molar-refractivity contribution < 1.29 is 8.42 Å². The van der Waals surface area contributed by atoms with Crippen LogP contribution >= 0.6 is 27.3 Å². The first kappa shape index (κ1) is 18.1. The summed E-state index contributed by atoms with van der Waals surface area (Å²) in [6.45, 7) is 3.89. The van der Waals surface area contributed by atoms with E-state index in [9.17, 15) is 8.42 Å². The lowest BCUT2D eigenvalue weighted by molar-refractivity contribution is 0.596. The first-order chi connectivity index (χ1) is 11.8. The van der Waals surface area contributed by atoms with Crippen molar-refractivity contribution in [3.05, 3.63) is 68.2 Å². The number of benzene rings is 2. The van der Waals surface area contributed by atoms with Gasteiger partial charge in [0.15, 0.2) is 0 Å². The molecular weight excluding hydrogens is 420 g/mol. The highest BCUT2D eigenvalue weighted by molar-refractivity contribution is 9.10. The van der Waals surface area contributed by atoms with Crippen LogP contribution in [-0.4, -0.2) is 13.0 Å². The van der Waals surface area contributed by atoms with Crippen molar-refractivity contribution in [2.24, 2.45) is 11.4 Å². The van der Waals surface area contributed by atoms with Crippen LogP contribution in [0.15, 0.2) is 62.3 Å². The minimum absolute atomic E-state index is 0.203. The maximum Gasteiger partial charge on any atom is 0.285 e. The monoisotopic (exact) mass is 436 g/mol. The van der Waals surface area contributed by atoms with Gasteiger partial charge in [-0.05, 0) is 43.7 Å². The molecule has 0 unspecified atom stereocenters. The molecule has 0 N–H and O–H groups in total. The van der Waals surface area contributed by atoms with Crippen molar-refractivity contribution in [2.45, 2.75) is 18.7 Å². The lowest BCUT2D eigenvalue weighted by Gasteiger charge is -2.05. The Balaban J connectivity index is 2.12. The van der Waals surface area contributed by atoms with Crippen LogP contribution in [0.2, 0.25) is 0 Å². The lowest BCUT2D eigenvalue weighted by Crippen LogP contribution is -2.14. The number of hydrogen-bond acceptors (Lipinski definition) is 3. The van der Waals surface area contributed by atoms with E-state index in [1.54, 1.807) is 24.3 Å². The summed E-state index contributed by atoms with van der Waals surface area (Å²) in [5.74, 6) is 0. The molecule has 1 aromatic heterocycles. The zero-order valence-corrected chi connectivity index (χ0v) is 17.2. The number of aromatic nitrogens is 1. The van der Waals surface area contributed by atoms with Crippen LogP contribution in [-0.2, 0) is 17.1 Å². The number of nitrogens with zero attached hydrogens (tertiary/aromatic N) is 2. The molecule has 0 spiro atoms. The van der Waals surface area contributed by atoms with Crippen LogP contribution in [0, 0.1) is 13.8 Å². The van der Waals surface area contributed by atoms with Crippen LogP contribution in [0.1, 0.15) is 10.4 Å². The molecule has 130 valence electrons. The Hall–Kier alpha value is -1.70. The number of hydrogen-bond donors (Lipinski definition) is 0. The van der Waals surface area contributed by atoms with Crippen molar-refractivity contribution in [2.75, 3.05) is 0 Å². The summed E-state index contributed by atoms with van der Waals surface area (Å²) in [6, 6.07) is 14.6. The average Bonchev–Trinajstić information content (AvgIpc) is 2.82. The third-order valence-electron chi connectivity index (χ3n) is 3.83. The summed E-state index contributed by atoms with van der Waals surface area (Å²) in [4.78, 5) is 1.67. The molecule has 2 aromatic carbocycles. The summed E-state index contributed by atoms with van der Waals surface area (Å²) in [6.07, 6.45) is 0. The highest BCUT2D eigenvalue weighted by atomic mass is 79.9. The summed E-state index contributed by atoms with van der Waals surface area (Å²) in [5.41, 5.74) is 3.00. The topological polar surface area (TPSA) is 51.4 Å². The van der Waals surface area contributed by atoms with Gasteiger partial charge in [-0.1, -0.05) is 45.8 Å². The van der Waals surface area contributed by atoms with Crippen molar-refractivity contribution in [3.63, 3.8) is 0 Å². The number of sulfonamides is 1. The molecule has 0 fully saturated rings. The molecule has 0 aliphatic rings. The molecular formula is C18H17BrN2O2S2. The molecule has 0 amide bonds. The molecule has 3 rings (SSSR count). The maximum absolute atomic E-state index is 12.6. The van der Waals surface area contributed by atoms with E-state index < -0.39 is 10.0 Å². The van der Waals surface area contributed by atoms with Crippen LogP contribution in [0.3, 0.4) is 0 Å². The van der Waals surface area contributed by atoms with Crippen molar-refractivity contribution in [1.29, 1.82) is 0 Å². The highest BCUT2D eigenvalue weighted by Gasteiger charge is 2.15. The largest absolute Gasteiger partial charge is 0.319 e. The summed E-state index contributed by atoms with van der Waals surface area (Å²) >= 11 is 4.80. The molecule has 3 aromatic rings. The fourth-order valence-electron chi connectivity index (χ4n) is 2.54. The maximum atomic E-state index is 12.6. The second kappa shape index (κ2) is 6.90. The second-order valence-corrected chi connectivity index (χ2v) is 9.44. The van der Waals surface area contributed by atoms with Gasteiger partial charge in [0.25, 0.3) is 10.0 Å². The predicted octanol–water partition coefficient (Wildman–Crippen LogP) is 4.42. The molecule has 1 heterocycles. The lowest BCUT2D eigenvalue weighted by atomic mass is 10.1. The van der Waals surface area contributed by atoms with Crippen molar-refractivity contribution in [3.8, 4) is 11.3 Å². The third kappa shape index (κ3) is 3.78. The van der Waals surface area contributed by atoms with E-state index >= 15 is 0 Å². The molecule has 0 radical (unpaired) electrons. The molecule has 25 heavy (non-hydrogen) atoms. The normalized spacial score (nSPS) is 12.6. The predicted molar refractivity (Wildman–Crippen MR) is 105 cm³/mol. The minimum Gasteiger partial charge on any atom is -0.319 e. The van der Waals surface area contributed by atoms with E-state index in [0.29, 0.717) is 4.80 Å². The molecule has 0 saturated carbocycles. The van der Waals surface area contributed by atoms with Gasteiger partial charge in [-0.15, -0.1) is 15.7 Å². The molecule has 0 atom stereocenters. The first-order valence-electron chi connectivity index (χ1n) is 7.58. The van der Waals surface area contributed by atoms with Gasteiger partial charge in [0.05, 0.1) is 10.6 Å². The molecule has 7 heteroatoms. The number of thiazole rings is 1. The van der Waals surface area contributed by atoms with Gasteiger partial charge in [0.2, 0.25) is 4.80 Å². The van der Waals surface area contributed by atoms with Crippen molar-refractivity contribution >= 4 is 37.3 Å². The van der Waals surface area contributed by atoms with E-state index in [2.05, 4.69) is 20.3 Å². The standard InChI is InChI=1S/C18H17BrN2O2S2/c1-12-4-10-16(11-5-12)25(22,23)20-18-21(3)17(13(2)24-18)14-6-8-15(19)9-7-14/h4-11H,1-3H3. The molecule has 0 bridgehead atoms. The Morgan fingerprint density at radius 3 is 2.20 bits per heavy atom. The SMILES string of the molecule is Cc1ccc(S(=O)(=O)N=c2sc(C)c(-c3ccc(Br)cc3)n2C)cc1. The summed E-state index contributed by atoms with van der Waals surface area (Å²) in [7, 11) is -1.90. The molecule has 0 saturated heterocycles. The van der Waals surface area contributed by atoms with Crippen LogP contribution < -0.4 is 4.80 Å². The molecule has 0 aliphatic heterocycles.